The second kappa shape index (κ2) is 9.20. The number of benzene rings is 3. The van der Waals surface area contributed by atoms with Crippen molar-refractivity contribution >= 4 is 16.9 Å². The zero-order valence-electron chi connectivity index (χ0n) is 20.0. The fraction of sp³-hybridized carbons (Fsp3) is 0.286. The van der Waals surface area contributed by atoms with Crippen molar-refractivity contribution in [2.24, 2.45) is 0 Å². The molecular weight excluding hydrogens is 412 g/mol. The summed E-state index contributed by atoms with van der Waals surface area (Å²) >= 11 is 0. The van der Waals surface area contributed by atoms with Gasteiger partial charge < -0.3 is 14.4 Å². The summed E-state index contributed by atoms with van der Waals surface area (Å²) in [5.74, 6) is 0.653. The Labute approximate surface area is 194 Å². The molecule has 0 aromatic heterocycles. The predicted octanol–water partition coefficient (Wildman–Crippen LogP) is 3.20. The standard InChI is InChI=1S/C28H30N2O3/c1-6-29-24-16-26-23(14-19(24)4)27(22-13-17(2)18(3)15-25(22)33-26)20-9-7-8-10-21(20)28(32)30(5)11-12-31/h7-10,13-16,31H,6,11-12H2,1-5H3/p+1. The van der Waals surface area contributed by atoms with Crippen LogP contribution >= 0.6 is 0 Å². The Balaban J connectivity index is 2.13. The first kappa shape index (κ1) is 22.7. The van der Waals surface area contributed by atoms with Gasteiger partial charge in [-0.1, -0.05) is 18.2 Å². The number of likely N-dealkylation sites (N-methyl/N-ethyl adjacent to an activating group) is 1. The fourth-order valence-electron chi connectivity index (χ4n) is 4.32. The highest BCUT2D eigenvalue weighted by Crippen LogP contribution is 2.42. The largest absolute Gasteiger partial charge is 0.456 e. The van der Waals surface area contributed by atoms with E-state index in [2.05, 4.69) is 57.0 Å². The van der Waals surface area contributed by atoms with Gasteiger partial charge in [-0.05, 0) is 68.7 Å². The third kappa shape index (κ3) is 4.16. The molecule has 1 aliphatic carbocycles. The molecule has 5 nitrogen and oxygen atoms in total. The smallest absolute Gasteiger partial charge is 0.254 e. The number of carbonyl (C=O) groups is 1. The number of nitrogens with one attached hydrogen (secondary N) is 1. The minimum absolute atomic E-state index is 0.0780. The predicted molar refractivity (Wildman–Crippen MR) is 131 cm³/mol. The lowest BCUT2D eigenvalue weighted by atomic mass is 9.88. The summed E-state index contributed by atoms with van der Waals surface area (Å²) in [6, 6.07) is 16.1. The number of fused-ring (bicyclic) bond motifs is 2. The van der Waals surface area contributed by atoms with Gasteiger partial charge in [0.05, 0.1) is 12.7 Å². The maximum Gasteiger partial charge on any atom is 0.254 e. The van der Waals surface area contributed by atoms with Gasteiger partial charge in [0.15, 0.2) is 0 Å². The molecule has 0 radical (unpaired) electrons. The zero-order valence-corrected chi connectivity index (χ0v) is 20.0. The summed E-state index contributed by atoms with van der Waals surface area (Å²) in [6.45, 7) is 9.34. The SMILES string of the molecule is CC[NH+]=c1cc2oc3cc(C)c(C)cc3c(-c3ccccc3C(=O)N(C)CCO)c-2cc1C. The number of aryl methyl sites for hydroxylation is 3. The molecule has 2 aromatic carbocycles. The van der Waals surface area contributed by atoms with Crippen molar-refractivity contribution < 1.29 is 19.3 Å². The van der Waals surface area contributed by atoms with Crippen molar-refractivity contribution in [2.45, 2.75) is 27.7 Å². The number of nitrogens with zero attached hydrogens (tertiary/aromatic N) is 1. The Morgan fingerprint density at radius 3 is 2.45 bits per heavy atom. The molecular formula is C28H31N2O3+. The van der Waals surface area contributed by atoms with Crippen molar-refractivity contribution in [2.75, 3.05) is 26.7 Å². The quantitative estimate of drug-likeness (QED) is 0.466. The highest BCUT2D eigenvalue weighted by atomic mass is 16.3. The Kier molecular flexibility index (Phi) is 6.34. The molecule has 2 aromatic rings. The molecule has 1 amide bonds. The second-order valence-electron chi connectivity index (χ2n) is 8.60. The monoisotopic (exact) mass is 443 g/mol. The Morgan fingerprint density at radius 2 is 1.73 bits per heavy atom. The summed E-state index contributed by atoms with van der Waals surface area (Å²) in [6.07, 6.45) is 0. The number of hydrogen-bond donors (Lipinski definition) is 2. The molecule has 1 heterocycles. The van der Waals surface area contributed by atoms with Gasteiger partial charge in [0.25, 0.3) is 5.91 Å². The van der Waals surface area contributed by atoms with Gasteiger partial charge in [0, 0.05) is 41.2 Å². The summed E-state index contributed by atoms with van der Waals surface area (Å²) in [7, 11) is 1.71. The molecule has 1 aliphatic heterocycles. The maximum absolute atomic E-state index is 13.3. The topological polar surface area (TPSA) is 67.7 Å². The lowest BCUT2D eigenvalue weighted by Gasteiger charge is -2.21. The summed E-state index contributed by atoms with van der Waals surface area (Å²) in [4.78, 5) is 18.3. The minimum atomic E-state index is -0.119. The Bertz CT molecular complexity index is 1380. The van der Waals surface area contributed by atoms with Crippen molar-refractivity contribution in [3.63, 3.8) is 0 Å². The number of hydrogen-bond acceptors (Lipinski definition) is 3. The highest BCUT2D eigenvalue weighted by Gasteiger charge is 2.24. The fourth-order valence-corrected chi connectivity index (χ4v) is 4.32. The van der Waals surface area contributed by atoms with Gasteiger partial charge >= 0.3 is 0 Å². The van der Waals surface area contributed by atoms with E-state index in [4.69, 9.17) is 4.42 Å². The average Bonchev–Trinajstić information content (AvgIpc) is 2.79. The first-order valence-electron chi connectivity index (χ1n) is 11.4. The summed E-state index contributed by atoms with van der Waals surface area (Å²) < 4.78 is 6.40. The summed E-state index contributed by atoms with van der Waals surface area (Å²) in [5, 5.41) is 11.4. The molecule has 33 heavy (non-hydrogen) atoms. The van der Waals surface area contributed by atoms with Crippen LogP contribution in [0.25, 0.3) is 33.4 Å². The molecule has 4 rings (SSSR count). The average molecular weight is 444 g/mol. The number of aliphatic hydroxyl groups is 1. The number of aliphatic hydroxyl groups excluding tert-OH is 1. The zero-order chi connectivity index (χ0) is 23.7. The Morgan fingerprint density at radius 1 is 1.00 bits per heavy atom. The van der Waals surface area contributed by atoms with Gasteiger partial charge in [-0.15, -0.1) is 0 Å². The molecule has 0 fully saturated rings. The van der Waals surface area contributed by atoms with Gasteiger partial charge in [-0.3, -0.25) is 4.79 Å². The van der Waals surface area contributed by atoms with Crippen LogP contribution in [0.2, 0.25) is 0 Å². The number of rotatable bonds is 5. The number of amides is 1. The van der Waals surface area contributed by atoms with Gasteiger partial charge in [0.1, 0.15) is 17.9 Å². The van der Waals surface area contributed by atoms with Crippen LogP contribution in [0.4, 0.5) is 0 Å². The van der Waals surface area contributed by atoms with E-state index in [-0.39, 0.29) is 19.1 Å². The lowest BCUT2D eigenvalue weighted by Crippen LogP contribution is -2.76. The van der Waals surface area contributed by atoms with E-state index in [1.807, 2.05) is 24.3 Å². The highest BCUT2D eigenvalue weighted by molar-refractivity contribution is 6.09. The van der Waals surface area contributed by atoms with Crippen LogP contribution in [0, 0.1) is 20.8 Å². The second-order valence-corrected chi connectivity index (χ2v) is 8.60. The Hall–Kier alpha value is -3.44. The van der Waals surface area contributed by atoms with Gasteiger partial charge in [-0.2, -0.15) is 0 Å². The van der Waals surface area contributed by atoms with Crippen molar-refractivity contribution in [3.05, 3.63) is 76.1 Å². The third-order valence-corrected chi connectivity index (χ3v) is 6.26. The van der Waals surface area contributed by atoms with Crippen molar-refractivity contribution in [3.8, 4) is 22.5 Å². The molecule has 2 aliphatic rings. The van der Waals surface area contributed by atoms with Crippen LogP contribution in [0.5, 0.6) is 0 Å². The molecule has 0 saturated carbocycles. The number of carbonyl (C=O) groups excluding carboxylic acids is 1. The molecule has 170 valence electrons. The van der Waals surface area contributed by atoms with Crippen LogP contribution in [0.1, 0.15) is 34.0 Å². The van der Waals surface area contributed by atoms with E-state index in [1.165, 1.54) is 5.56 Å². The van der Waals surface area contributed by atoms with E-state index in [1.54, 1.807) is 11.9 Å². The lowest BCUT2D eigenvalue weighted by molar-refractivity contribution is -0.496. The maximum atomic E-state index is 13.3. The van der Waals surface area contributed by atoms with Crippen molar-refractivity contribution in [1.82, 2.24) is 4.90 Å². The molecule has 0 saturated heterocycles. The van der Waals surface area contributed by atoms with E-state index in [9.17, 15) is 9.90 Å². The van der Waals surface area contributed by atoms with Crippen LogP contribution in [0.15, 0.2) is 52.9 Å². The van der Waals surface area contributed by atoms with Crippen LogP contribution in [0.3, 0.4) is 0 Å². The van der Waals surface area contributed by atoms with E-state index in [0.717, 1.165) is 56.4 Å². The van der Waals surface area contributed by atoms with E-state index >= 15 is 0 Å². The van der Waals surface area contributed by atoms with E-state index < -0.39 is 0 Å². The normalized spacial score (nSPS) is 12.0. The van der Waals surface area contributed by atoms with Crippen molar-refractivity contribution in [1.29, 1.82) is 0 Å². The summed E-state index contributed by atoms with van der Waals surface area (Å²) in [5.41, 5.74) is 7.65. The minimum Gasteiger partial charge on any atom is -0.456 e. The van der Waals surface area contributed by atoms with Crippen LogP contribution < -0.4 is 10.3 Å². The van der Waals surface area contributed by atoms with Crippen LogP contribution in [-0.2, 0) is 0 Å². The van der Waals surface area contributed by atoms with Gasteiger partial charge in [-0.25, -0.2) is 4.99 Å². The molecule has 5 heteroatoms. The van der Waals surface area contributed by atoms with E-state index in [0.29, 0.717) is 5.56 Å². The first-order valence-corrected chi connectivity index (χ1v) is 11.4. The first-order chi connectivity index (χ1) is 15.8. The molecule has 0 spiro atoms. The third-order valence-electron chi connectivity index (χ3n) is 6.26. The van der Waals surface area contributed by atoms with Gasteiger partial charge in [0.2, 0.25) is 5.36 Å². The molecule has 0 unspecified atom stereocenters. The molecule has 0 bridgehead atoms. The van der Waals surface area contributed by atoms with Crippen LogP contribution in [-0.4, -0.2) is 42.7 Å². The molecule has 0 atom stereocenters. The molecule has 2 N–H and O–H groups in total.